The van der Waals surface area contributed by atoms with E-state index >= 15 is 0 Å². The van der Waals surface area contributed by atoms with E-state index in [2.05, 4.69) is 11.9 Å². The number of hydrogen-bond donors (Lipinski definition) is 0. The van der Waals surface area contributed by atoms with E-state index in [1.807, 2.05) is 24.3 Å². The van der Waals surface area contributed by atoms with E-state index in [-0.39, 0.29) is 17.5 Å². The fourth-order valence-corrected chi connectivity index (χ4v) is 3.30. The van der Waals surface area contributed by atoms with Crippen LogP contribution < -0.4 is 5.56 Å². The number of aromatic nitrogens is 2. The summed E-state index contributed by atoms with van der Waals surface area (Å²) < 4.78 is 7.20. The summed E-state index contributed by atoms with van der Waals surface area (Å²) in [6.07, 6.45) is 1.95. The van der Waals surface area contributed by atoms with Crippen LogP contribution in [0, 0.1) is 5.92 Å². The van der Waals surface area contributed by atoms with Crippen LogP contribution in [-0.4, -0.2) is 22.8 Å². The number of ether oxygens (including phenoxy) is 1. The maximum Gasteiger partial charge on any atom is 0.261 e. The normalized spacial score (nSPS) is 18.0. The van der Waals surface area contributed by atoms with Crippen LogP contribution in [-0.2, 0) is 10.6 Å². The average Bonchev–Trinajstić information content (AvgIpc) is 2.55. The van der Waals surface area contributed by atoms with Gasteiger partial charge in [0, 0.05) is 19.3 Å². The van der Waals surface area contributed by atoms with Crippen molar-refractivity contribution in [3.8, 4) is 0 Å². The highest BCUT2D eigenvalue weighted by Gasteiger charge is 2.25. The number of halogens is 1. The summed E-state index contributed by atoms with van der Waals surface area (Å²) in [7, 11) is 0. The Morgan fingerprint density at radius 1 is 1.38 bits per heavy atom. The Bertz CT molecular complexity index is 692. The second kappa shape index (κ2) is 6.16. The van der Waals surface area contributed by atoms with Crippen LogP contribution in [0.25, 0.3) is 10.9 Å². The topological polar surface area (TPSA) is 44.1 Å². The predicted octanol–water partition coefficient (Wildman–Crippen LogP) is 3.12. The smallest absolute Gasteiger partial charge is 0.261 e. The van der Waals surface area contributed by atoms with Gasteiger partial charge in [-0.25, -0.2) is 4.98 Å². The van der Waals surface area contributed by atoms with E-state index < -0.39 is 0 Å². The zero-order valence-electron chi connectivity index (χ0n) is 12.1. The minimum Gasteiger partial charge on any atom is -0.381 e. The maximum absolute atomic E-state index is 12.8. The Morgan fingerprint density at radius 2 is 2.10 bits per heavy atom. The molecule has 1 aliphatic heterocycles. The molecule has 0 bridgehead atoms. The molecule has 0 amide bonds. The van der Waals surface area contributed by atoms with Crippen molar-refractivity contribution in [1.82, 2.24) is 9.55 Å². The Labute approximate surface area is 128 Å². The van der Waals surface area contributed by atoms with Gasteiger partial charge in [-0.15, -0.1) is 11.6 Å². The molecular formula is C16H19ClN2O2. The molecule has 1 unspecified atom stereocenters. The fraction of sp³-hybridized carbons (Fsp3) is 0.500. The summed E-state index contributed by atoms with van der Waals surface area (Å²) >= 11 is 6.04. The standard InChI is InChI=1S/C16H19ClN2O2/c1-11(12-6-8-21-9-7-12)19-15(10-17)18-14-5-3-2-4-13(14)16(19)20/h2-5,11-12H,6-10H2,1H3. The molecule has 3 rings (SSSR count). The third kappa shape index (κ3) is 2.70. The lowest BCUT2D eigenvalue weighted by molar-refractivity contribution is 0.0504. The van der Waals surface area contributed by atoms with Gasteiger partial charge in [0.25, 0.3) is 5.56 Å². The number of alkyl halides is 1. The number of hydrogen-bond acceptors (Lipinski definition) is 3. The van der Waals surface area contributed by atoms with Gasteiger partial charge in [0.05, 0.1) is 16.8 Å². The predicted molar refractivity (Wildman–Crippen MR) is 83.8 cm³/mol. The molecule has 5 heteroatoms. The van der Waals surface area contributed by atoms with Gasteiger partial charge in [0.1, 0.15) is 5.82 Å². The van der Waals surface area contributed by atoms with Crippen molar-refractivity contribution < 1.29 is 4.74 Å². The molecule has 1 aromatic heterocycles. The van der Waals surface area contributed by atoms with Crippen molar-refractivity contribution in [2.24, 2.45) is 5.92 Å². The summed E-state index contributed by atoms with van der Waals surface area (Å²) in [5, 5.41) is 0.658. The van der Waals surface area contributed by atoms with Gasteiger partial charge in [-0.3, -0.25) is 9.36 Å². The molecule has 1 fully saturated rings. The van der Waals surface area contributed by atoms with Crippen molar-refractivity contribution in [2.45, 2.75) is 31.7 Å². The van der Waals surface area contributed by atoms with Gasteiger partial charge in [0.15, 0.2) is 0 Å². The lowest BCUT2D eigenvalue weighted by Crippen LogP contribution is -2.33. The van der Waals surface area contributed by atoms with Gasteiger partial charge >= 0.3 is 0 Å². The maximum atomic E-state index is 12.8. The first-order chi connectivity index (χ1) is 10.2. The summed E-state index contributed by atoms with van der Waals surface area (Å²) in [4.78, 5) is 17.4. The van der Waals surface area contributed by atoms with Crippen LogP contribution in [0.15, 0.2) is 29.1 Å². The Morgan fingerprint density at radius 3 is 2.81 bits per heavy atom. The molecule has 1 aromatic carbocycles. The number of rotatable bonds is 3. The first kappa shape index (κ1) is 14.5. The van der Waals surface area contributed by atoms with Crippen LogP contribution in [0.2, 0.25) is 0 Å². The van der Waals surface area contributed by atoms with Crippen LogP contribution >= 0.6 is 11.6 Å². The van der Waals surface area contributed by atoms with E-state index in [1.165, 1.54) is 0 Å². The van der Waals surface area contributed by atoms with E-state index in [1.54, 1.807) is 4.57 Å². The van der Waals surface area contributed by atoms with Gasteiger partial charge in [-0.05, 0) is 37.8 Å². The van der Waals surface area contributed by atoms with Crippen molar-refractivity contribution in [1.29, 1.82) is 0 Å². The molecule has 2 heterocycles. The molecule has 4 nitrogen and oxygen atoms in total. The van der Waals surface area contributed by atoms with Crippen molar-refractivity contribution in [3.63, 3.8) is 0 Å². The van der Waals surface area contributed by atoms with E-state index in [0.717, 1.165) is 26.1 Å². The van der Waals surface area contributed by atoms with Crippen LogP contribution in [0.1, 0.15) is 31.6 Å². The number of para-hydroxylation sites is 1. The molecule has 1 atom stereocenters. The minimum absolute atomic E-state index is 0.00948. The molecule has 21 heavy (non-hydrogen) atoms. The van der Waals surface area contributed by atoms with Crippen molar-refractivity contribution in [2.75, 3.05) is 13.2 Å². The zero-order valence-corrected chi connectivity index (χ0v) is 12.8. The first-order valence-corrected chi connectivity index (χ1v) is 7.89. The summed E-state index contributed by atoms with van der Waals surface area (Å²) in [5.74, 6) is 1.33. The molecule has 1 aliphatic rings. The molecule has 0 saturated carbocycles. The monoisotopic (exact) mass is 306 g/mol. The average molecular weight is 307 g/mol. The van der Waals surface area contributed by atoms with Crippen LogP contribution in [0.4, 0.5) is 0 Å². The molecule has 0 aliphatic carbocycles. The summed E-state index contributed by atoms with van der Waals surface area (Å²) in [6.45, 7) is 3.62. The highest BCUT2D eigenvalue weighted by Crippen LogP contribution is 2.28. The Kier molecular flexibility index (Phi) is 4.27. The highest BCUT2D eigenvalue weighted by atomic mass is 35.5. The van der Waals surface area contributed by atoms with Gasteiger partial charge in [-0.2, -0.15) is 0 Å². The van der Waals surface area contributed by atoms with E-state index in [4.69, 9.17) is 16.3 Å². The molecule has 112 valence electrons. The van der Waals surface area contributed by atoms with Crippen molar-refractivity contribution in [3.05, 3.63) is 40.4 Å². The highest BCUT2D eigenvalue weighted by molar-refractivity contribution is 6.16. The van der Waals surface area contributed by atoms with Gasteiger partial charge < -0.3 is 4.74 Å². The summed E-state index contributed by atoms with van der Waals surface area (Å²) in [6, 6.07) is 7.53. The van der Waals surface area contributed by atoms with Crippen LogP contribution in [0.3, 0.4) is 0 Å². The quantitative estimate of drug-likeness (QED) is 0.818. The molecule has 0 radical (unpaired) electrons. The third-order valence-corrected chi connectivity index (χ3v) is 4.59. The van der Waals surface area contributed by atoms with Gasteiger partial charge in [0.2, 0.25) is 0 Å². The first-order valence-electron chi connectivity index (χ1n) is 7.36. The van der Waals surface area contributed by atoms with Gasteiger partial charge in [-0.1, -0.05) is 12.1 Å². The lowest BCUT2D eigenvalue weighted by Gasteiger charge is -2.30. The molecule has 1 saturated heterocycles. The minimum atomic E-state index is 0.00948. The van der Waals surface area contributed by atoms with Crippen molar-refractivity contribution >= 4 is 22.5 Å². The summed E-state index contributed by atoms with van der Waals surface area (Å²) in [5.41, 5.74) is 0.726. The molecule has 0 spiro atoms. The second-order valence-electron chi connectivity index (χ2n) is 5.54. The lowest BCUT2D eigenvalue weighted by atomic mass is 9.92. The number of nitrogens with zero attached hydrogens (tertiary/aromatic N) is 2. The fourth-order valence-electron chi connectivity index (χ4n) is 3.12. The number of fused-ring (bicyclic) bond motifs is 1. The molecular weight excluding hydrogens is 288 g/mol. The number of benzene rings is 1. The third-order valence-electron chi connectivity index (χ3n) is 4.36. The molecule has 2 aromatic rings. The Hall–Kier alpha value is -1.39. The van der Waals surface area contributed by atoms with E-state index in [0.29, 0.717) is 22.6 Å². The zero-order chi connectivity index (χ0) is 14.8. The largest absolute Gasteiger partial charge is 0.381 e. The Balaban J connectivity index is 2.11. The van der Waals surface area contributed by atoms with Crippen LogP contribution in [0.5, 0.6) is 0 Å². The SMILES string of the molecule is CC(C1CCOCC1)n1c(CCl)nc2ccccc2c1=O. The second-order valence-corrected chi connectivity index (χ2v) is 5.81. The molecule has 0 N–H and O–H groups in total. The van der Waals surface area contributed by atoms with E-state index in [9.17, 15) is 4.79 Å².